The molecule has 3 rings (SSSR count). The molecule has 4 nitrogen and oxygen atoms in total. The van der Waals surface area contributed by atoms with Gasteiger partial charge in [-0.05, 0) is 69.8 Å². The van der Waals surface area contributed by atoms with Crippen LogP contribution >= 0.6 is 22.9 Å². The Bertz CT molecular complexity index is 624. The van der Waals surface area contributed by atoms with E-state index in [0.717, 1.165) is 56.2 Å². The van der Waals surface area contributed by atoms with Gasteiger partial charge in [0, 0.05) is 12.6 Å². The van der Waals surface area contributed by atoms with Crippen molar-refractivity contribution in [3.8, 4) is 0 Å². The molecule has 0 aliphatic carbocycles. The molecule has 2 saturated heterocycles. The van der Waals surface area contributed by atoms with Crippen LogP contribution in [0, 0.1) is 5.92 Å². The van der Waals surface area contributed by atoms with Gasteiger partial charge in [-0.3, -0.25) is 0 Å². The number of piperidine rings is 1. The number of thiophene rings is 1. The van der Waals surface area contributed by atoms with Crippen LogP contribution < -0.4 is 0 Å². The summed E-state index contributed by atoms with van der Waals surface area (Å²) in [6.07, 6.45) is 5.40. The monoisotopic (exact) mass is 376 g/mol. The van der Waals surface area contributed by atoms with Gasteiger partial charge in [0.1, 0.15) is 4.21 Å². The lowest BCUT2D eigenvalue weighted by atomic mass is 9.99. The van der Waals surface area contributed by atoms with Crippen molar-refractivity contribution in [1.29, 1.82) is 0 Å². The highest BCUT2D eigenvalue weighted by molar-refractivity contribution is 7.91. The molecular weight excluding hydrogens is 352 g/mol. The maximum atomic E-state index is 12.8. The average molecular weight is 377 g/mol. The number of sulfonamides is 1. The van der Waals surface area contributed by atoms with Crippen molar-refractivity contribution in [3.63, 3.8) is 0 Å². The van der Waals surface area contributed by atoms with Crippen LogP contribution in [0.5, 0.6) is 0 Å². The Balaban J connectivity index is 1.61. The molecule has 2 fully saturated rings. The first-order chi connectivity index (χ1) is 11.0. The van der Waals surface area contributed by atoms with Gasteiger partial charge in [0.15, 0.2) is 0 Å². The normalized spacial score (nSPS) is 25.2. The van der Waals surface area contributed by atoms with Crippen LogP contribution in [-0.2, 0) is 10.0 Å². The quantitative estimate of drug-likeness (QED) is 0.787. The summed E-state index contributed by atoms with van der Waals surface area (Å²) >= 11 is 7.07. The summed E-state index contributed by atoms with van der Waals surface area (Å²) in [6.45, 7) is 6.27. The molecule has 0 aromatic carbocycles. The Morgan fingerprint density at radius 2 is 1.96 bits per heavy atom. The fourth-order valence-electron chi connectivity index (χ4n) is 3.58. The maximum Gasteiger partial charge on any atom is 0.252 e. The Labute approximate surface area is 148 Å². The van der Waals surface area contributed by atoms with Gasteiger partial charge in [-0.2, -0.15) is 4.31 Å². The summed E-state index contributed by atoms with van der Waals surface area (Å²) in [5.74, 6) is 0.832. The minimum absolute atomic E-state index is 0.139. The molecule has 23 heavy (non-hydrogen) atoms. The van der Waals surface area contributed by atoms with Gasteiger partial charge in [0.05, 0.1) is 4.34 Å². The first-order valence-electron chi connectivity index (χ1n) is 8.46. The highest BCUT2D eigenvalue weighted by Gasteiger charge is 2.36. The lowest BCUT2D eigenvalue weighted by molar-refractivity contribution is 0.179. The van der Waals surface area contributed by atoms with Gasteiger partial charge >= 0.3 is 0 Å². The van der Waals surface area contributed by atoms with E-state index < -0.39 is 10.0 Å². The van der Waals surface area contributed by atoms with E-state index in [-0.39, 0.29) is 6.04 Å². The second-order valence-electron chi connectivity index (χ2n) is 6.78. The molecule has 7 heteroatoms. The van der Waals surface area contributed by atoms with E-state index in [9.17, 15) is 8.42 Å². The third-order valence-electron chi connectivity index (χ3n) is 5.09. The van der Waals surface area contributed by atoms with E-state index in [2.05, 4.69) is 11.8 Å². The topological polar surface area (TPSA) is 40.6 Å². The highest BCUT2D eigenvalue weighted by Crippen LogP contribution is 2.33. The first-order valence-corrected chi connectivity index (χ1v) is 11.1. The molecular formula is C16H25ClN2O2S2. The van der Waals surface area contributed by atoms with Gasteiger partial charge in [-0.1, -0.05) is 18.5 Å². The summed E-state index contributed by atoms with van der Waals surface area (Å²) in [6, 6.07) is 3.43. The lowest BCUT2D eigenvalue weighted by Gasteiger charge is -2.32. The van der Waals surface area contributed by atoms with Crippen molar-refractivity contribution in [3.05, 3.63) is 16.5 Å². The number of likely N-dealkylation sites (tertiary alicyclic amines) is 1. The molecule has 2 aliphatic heterocycles. The minimum Gasteiger partial charge on any atom is -0.303 e. The predicted molar refractivity (Wildman–Crippen MR) is 95.7 cm³/mol. The molecule has 0 spiro atoms. The number of nitrogens with zero attached hydrogens (tertiary/aromatic N) is 2. The predicted octanol–water partition coefficient (Wildman–Crippen LogP) is 3.68. The van der Waals surface area contributed by atoms with Crippen molar-refractivity contribution >= 4 is 33.0 Å². The van der Waals surface area contributed by atoms with Crippen LogP contribution in [0.2, 0.25) is 4.34 Å². The molecule has 1 atom stereocenters. The summed E-state index contributed by atoms with van der Waals surface area (Å²) in [7, 11) is -3.38. The molecule has 1 aromatic heterocycles. The Morgan fingerprint density at radius 1 is 1.22 bits per heavy atom. The van der Waals surface area contributed by atoms with Crippen LogP contribution in [-0.4, -0.2) is 49.8 Å². The largest absolute Gasteiger partial charge is 0.303 e. The van der Waals surface area contributed by atoms with Crippen LogP contribution in [0.3, 0.4) is 0 Å². The van der Waals surface area contributed by atoms with Crippen molar-refractivity contribution in [2.24, 2.45) is 5.92 Å². The number of hydrogen-bond acceptors (Lipinski definition) is 4. The fraction of sp³-hybridized carbons (Fsp3) is 0.750. The van der Waals surface area contributed by atoms with E-state index in [4.69, 9.17) is 11.6 Å². The van der Waals surface area contributed by atoms with Crippen LogP contribution in [0.25, 0.3) is 0 Å². The van der Waals surface area contributed by atoms with Gasteiger partial charge in [-0.15, -0.1) is 11.3 Å². The van der Waals surface area contributed by atoms with Gasteiger partial charge in [0.25, 0.3) is 10.0 Å². The van der Waals surface area contributed by atoms with E-state index >= 15 is 0 Å². The first kappa shape index (κ1) is 17.7. The maximum absolute atomic E-state index is 12.8. The molecule has 0 amide bonds. The highest BCUT2D eigenvalue weighted by atomic mass is 35.5. The second-order valence-corrected chi connectivity index (χ2v) is 10.6. The van der Waals surface area contributed by atoms with Gasteiger partial charge in [0.2, 0.25) is 0 Å². The number of halogens is 1. The SMILES string of the molecule is CC1CCN(CCC2CCCN2S(=O)(=O)c2ccc(Cl)s2)CC1. The zero-order valence-electron chi connectivity index (χ0n) is 13.6. The third kappa shape index (κ3) is 4.10. The molecule has 0 bridgehead atoms. The van der Waals surface area contributed by atoms with Crippen LogP contribution in [0.15, 0.2) is 16.3 Å². The molecule has 1 unspecified atom stereocenters. The minimum atomic E-state index is -3.38. The van der Waals surface area contributed by atoms with Gasteiger partial charge in [-0.25, -0.2) is 8.42 Å². The van der Waals surface area contributed by atoms with E-state index in [0.29, 0.717) is 15.1 Å². The zero-order chi connectivity index (χ0) is 16.4. The second kappa shape index (κ2) is 7.40. The third-order valence-corrected chi connectivity index (χ3v) is 8.74. The fourth-order valence-corrected chi connectivity index (χ4v) is 6.92. The summed E-state index contributed by atoms with van der Waals surface area (Å²) in [4.78, 5) is 2.49. The molecule has 130 valence electrons. The average Bonchev–Trinajstić information content (AvgIpc) is 3.16. The van der Waals surface area contributed by atoms with Crippen LogP contribution in [0.4, 0.5) is 0 Å². The molecule has 0 radical (unpaired) electrons. The Hall–Kier alpha value is -0.140. The molecule has 3 heterocycles. The number of rotatable bonds is 5. The van der Waals surface area contributed by atoms with Gasteiger partial charge < -0.3 is 4.90 Å². The molecule has 0 N–H and O–H groups in total. The molecule has 0 saturated carbocycles. The summed E-state index contributed by atoms with van der Waals surface area (Å²) in [5.41, 5.74) is 0. The summed E-state index contributed by atoms with van der Waals surface area (Å²) < 4.78 is 28.2. The van der Waals surface area contributed by atoms with E-state index in [1.807, 2.05) is 0 Å². The smallest absolute Gasteiger partial charge is 0.252 e. The van der Waals surface area contributed by atoms with E-state index in [1.54, 1.807) is 16.4 Å². The van der Waals surface area contributed by atoms with Crippen molar-refractivity contribution in [1.82, 2.24) is 9.21 Å². The van der Waals surface area contributed by atoms with Crippen molar-refractivity contribution in [2.45, 2.75) is 49.3 Å². The van der Waals surface area contributed by atoms with Crippen molar-refractivity contribution in [2.75, 3.05) is 26.2 Å². The summed E-state index contributed by atoms with van der Waals surface area (Å²) in [5, 5.41) is 0. The molecule has 2 aliphatic rings. The number of hydrogen-bond donors (Lipinski definition) is 0. The van der Waals surface area contributed by atoms with E-state index in [1.165, 1.54) is 12.8 Å². The zero-order valence-corrected chi connectivity index (χ0v) is 16.0. The standard InChI is InChI=1S/C16H25ClN2O2S2/c1-13-6-10-18(11-7-13)12-8-14-3-2-9-19(14)23(20,21)16-5-4-15(17)22-16/h4-5,13-14H,2-3,6-12H2,1H3. The Kier molecular flexibility index (Phi) is 5.68. The Morgan fingerprint density at radius 3 is 2.61 bits per heavy atom. The van der Waals surface area contributed by atoms with Crippen LogP contribution in [0.1, 0.15) is 39.0 Å². The van der Waals surface area contributed by atoms with Crippen molar-refractivity contribution < 1.29 is 8.42 Å². The molecule has 1 aromatic rings. The lowest BCUT2D eigenvalue weighted by Crippen LogP contribution is -2.39.